The van der Waals surface area contributed by atoms with Crippen LogP contribution in [-0.4, -0.2) is 22.0 Å². The number of hydrogen-bond acceptors (Lipinski definition) is 4. The average Bonchev–Trinajstić information content (AvgIpc) is 2.57. The van der Waals surface area contributed by atoms with Crippen molar-refractivity contribution >= 4 is 40.5 Å². The van der Waals surface area contributed by atoms with Crippen molar-refractivity contribution in [2.75, 3.05) is 0 Å². The first-order valence-electron chi connectivity index (χ1n) is 8.10. The first-order chi connectivity index (χ1) is 11.8. The van der Waals surface area contributed by atoms with Gasteiger partial charge < -0.3 is 5.32 Å². The second-order valence-corrected chi connectivity index (χ2v) is 7.16. The average molecular weight is 385 g/mol. The molecule has 3 atom stereocenters. The molecule has 1 aliphatic rings. The van der Waals surface area contributed by atoms with Gasteiger partial charge in [0.05, 0.1) is 15.5 Å². The molecule has 1 fully saturated rings. The molecule has 9 heteroatoms. The number of benzene rings is 1. The van der Waals surface area contributed by atoms with E-state index in [4.69, 9.17) is 23.8 Å². The topological polar surface area (TPSA) is 96.3 Å². The van der Waals surface area contributed by atoms with Gasteiger partial charge in [0.15, 0.2) is 5.11 Å². The number of hydrogen-bond donors (Lipinski definition) is 3. The Bertz CT molecular complexity index is 685. The highest BCUT2D eigenvalue weighted by molar-refractivity contribution is 7.80. The summed E-state index contributed by atoms with van der Waals surface area (Å²) in [5.41, 5.74) is 4.85. The van der Waals surface area contributed by atoms with Crippen LogP contribution < -0.4 is 16.2 Å². The zero-order chi connectivity index (χ0) is 18.6. The van der Waals surface area contributed by atoms with E-state index in [-0.39, 0.29) is 22.3 Å². The number of nitrogens with one attached hydrogen (secondary N) is 3. The molecule has 1 amide bonds. The Labute approximate surface area is 156 Å². The third kappa shape index (κ3) is 5.02. The van der Waals surface area contributed by atoms with E-state index in [2.05, 4.69) is 30.0 Å². The Morgan fingerprint density at radius 1 is 1.32 bits per heavy atom. The van der Waals surface area contributed by atoms with E-state index in [1.807, 2.05) is 0 Å². The summed E-state index contributed by atoms with van der Waals surface area (Å²) in [7, 11) is 0. The molecular formula is C16H21ClN4O3S. The number of nitrogens with zero attached hydrogens (tertiary/aromatic N) is 1. The third-order valence-electron chi connectivity index (χ3n) is 4.72. The number of carbonyl (C=O) groups is 1. The molecule has 0 heterocycles. The zero-order valence-electron chi connectivity index (χ0n) is 14.0. The summed E-state index contributed by atoms with van der Waals surface area (Å²) in [6.07, 6.45) is 3.38. The van der Waals surface area contributed by atoms with Crippen LogP contribution in [0.25, 0.3) is 0 Å². The number of nitro groups is 1. The molecule has 3 N–H and O–H groups in total. The van der Waals surface area contributed by atoms with Crippen LogP contribution in [0.5, 0.6) is 0 Å². The number of halogens is 1. The van der Waals surface area contributed by atoms with Gasteiger partial charge in [0, 0.05) is 18.2 Å². The highest BCUT2D eigenvalue weighted by Gasteiger charge is 2.27. The van der Waals surface area contributed by atoms with Crippen molar-refractivity contribution in [2.45, 2.75) is 39.2 Å². The van der Waals surface area contributed by atoms with Gasteiger partial charge >= 0.3 is 0 Å². The van der Waals surface area contributed by atoms with Gasteiger partial charge in [-0.1, -0.05) is 38.3 Å². The van der Waals surface area contributed by atoms with Gasteiger partial charge in [-0.25, -0.2) is 0 Å². The van der Waals surface area contributed by atoms with Crippen molar-refractivity contribution in [3.05, 3.63) is 38.9 Å². The van der Waals surface area contributed by atoms with E-state index in [1.54, 1.807) is 0 Å². The largest absolute Gasteiger partial charge is 0.358 e. The lowest BCUT2D eigenvalue weighted by molar-refractivity contribution is -0.384. The van der Waals surface area contributed by atoms with Gasteiger partial charge in [-0.2, -0.15) is 0 Å². The van der Waals surface area contributed by atoms with E-state index < -0.39 is 10.8 Å². The highest BCUT2D eigenvalue weighted by atomic mass is 35.5. The summed E-state index contributed by atoms with van der Waals surface area (Å²) in [4.78, 5) is 22.4. The van der Waals surface area contributed by atoms with Crippen molar-refractivity contribution < 1.29 is 9.72 Å². The van der Waals surface area contributed by atoms with E-state index in [9.17, 15) is 14.9 Å². The molecule has 1 aromatic rings. The van der Waals surface area contributed by atoms with Gasteiger partial charge in [0.2, 0.25) is 0 Å². The van der Waals surface area contributed by atoms with Crippen LogP contribution in [0, 0.1) is 22.0 Å². The summed E-state index contributed by atoms with van der Waals surface area (Å²) in [6, 6.07) is 3.93. The maximum atomic E-state index is 12.2. The quantitative estimate of drug-likeness (QED) is 0.420. The van der Waals surface area contributed by atoms with Crippen molar-refractivity contribution in [3.8, 4) is 0 Å². The van der Waals surface area contributed by atoms with Crippen molar-refractivity contribution in [1.82, 2.24) is 16.2 Å². The summed E-state index contributed by atoms with van der Waals surface area (Å²) < 4.78 is 0. The molecule has 0 bridgehead atoms. The van der Waals surface area contributed by atoms with Gasteiger partial charge in [-0.3, -0.25) is 25.8 Å². The number of nitro benzene ring substituents is 1. The molecule has 136 valence electrons. The maximum Gasteiger partial charge on any atom is 0.271 e. The van der Waals surface area contributed by atoms with Crippen LogP contribution >= 0.6 is 23.8 Å². The van der Waals surface area contributed by atoms with Gasteiger partial charge in [0.1, 0.15) is 0 Å². The van der Waals surface area contributed by atoms with Crippen LogP contribution in [0.4, 0.5) is 5.69 Å². The van der Waals surface area contributed by atoms with E-state index >= 15 is 0 Å². The van der Waals surface area contributed by atoms with Crippen molar-refractivity contribution in [2.24, 2.45) is 11.8 Å². The Kier molecular flexibility index (Phi) is 6.55. The lowest BCUT2D eigenvalue weighted by Gasteiger charge is -2.35. The smallest absolute Gasteiger partial charge is 0.271 e. The van der Waals surface area contributed by atoms with Crippen LogP contribution in [0.1, 0.15) is 43.5 Å². The number of carbonyl (C=O) groups excluding carboxylic acids is 1. The number of rotatable bonds is 3. The molecule has 1 saturated carbocycles. The molecule has 0 unspecified atom stereocenters. The second-order valence-electron chi connectivity index (χ2n) is 6.35. The molecule has 0 spiro atoms. The van der Waals surface area contributed by atoms with Crippen LogP contribution in [0.15, 0.2) is 18.2 Å². The minimum Gasteiger partial charge on any atom is -0.358 e. The number of amides is 1. The molecule has 2 rings (SSSR count). The normalized spacial score (nSPS) is 22.8. The lowest BCUT2D eigenvalue weighted by atomic mass is 9.78. The monoisotopic (exact) mass is 384 g/mol. The van der Waals surface area contributed by atoms with Crippen molar-refractivity contribution in [3.63, 3.8) is 0 Å². The molecule has 0 aromatic heterocycles. The highest BCUT2D eigenvalue weighted by Crippen LogP contribution is 2.29. The molecule has 0 radical (unpaired) electrons. The molecular weight excluding hydrogens is 364 g/mol. The summed E-state index contributed by atoms with van der Waals surface area (Å²) >= 11 is 11.2. The standard InChI is InChI=1S/C16H21ClN4O3S/c1-9-4-3-5-14(10(9)2)18-16(25)20-19-15(22)12-8-11(21(23)24)6-7-13(12)17/h6-10,14H,3-5H2,1-2H3,(H,19,22)(H2,18,20,25)/t9-,10+,14+/m0/s1. The van der Waals surface area contributed by atoms with E-state index in [0.29, 0.717) is 16.9 Å². The third-order valence-corrected chi connectivity index (χ3v) is 5.27. The Morgan fingerprint density at radius 3 is 2.72 bits per heavy atom. The fraction of sp³-hybridized carbons (Fsp3) is 0.500. The van der Waals surface area contributed by atoms with Gasteiger partial charge in [-0.15, -0.1) is 0 Å². The number of thiocarbonyl (C=S) groups is 1. The van der Waals surface area contributed by atoms with Crippen LogP contribution in [-0.2, 0) is 0 Å². The van der Waals surface area contributed by atoms with Gasteiger partial charge in [0.25, 0.3) is 11.6 Å². The van der Waals surface area contributed by atoms with Crippen LogP contribution in [0.3, 0.4) is 0 Å². The number of hydrazine groups is 1. The molecule has 1 aliphatic carbocycles. The summed E-state index contributed by atoms with van der Waals surface area (Å²) in [5, 5.41) is 14.5. The molecule has 1 aromatic carbocycles. The second kappa shape index (κ2) is 8.44. The Morgan fingerprint density at radius 2 is 2.04 bits per heavy atom. The fourth-order valence-corrected chi connectivity index (χ4v) is 3.38. The minimum absolute atomic E-state index is 0.00539. The fourth-order valence-electron chi connectivity index (χ4n) is 2.97. The summed E-state index contributed by atoms with van der Waals surface area (Å²) in [5.74, 6) is 0.505. The van der Waals surface area contributed by atoms with E-state index in [0.717, 1.165) is 18.9 Å². The summed E-state index contributed by atoms with van der Waals surface area (Å²) in [6.45, 7) is 4.41. The van der Waals surface area contributed by atoms with Gasteiger partial charge in [-0.05, 0) is 36.5 Å². The predicted octanol–water partition coefficient (Wildman–Crippen LogP) is 3.18. The van der Waals surface area contributed by atoms with E-state index in [1.165, 1.54) is 18.6 Å². The lowest BCUT2D eigenvalue weighted by Crippen LogP contribution is -2.52. The first-order valence-corrected chi connectivity index (χ1v) is 8.89. The molecule has 7 nitrogen and oxygen atoms in total. The van der Waals surface area contributed by atoms with Crippen molar-refractivity contribution in [1.29, 1.82) is 0 Å². The Balaban J connectivity index is 1.92. The maximum absolute atomic E-state index is 12.2. The Hall–Kier alpha value is -1.93. The SMILES string of the molecule is C[C@@H]1[C@@H](C)CCC[C@H]1NC(=S)NNC(=O)c1cc([N+](=O)[O-])ccc1Cl. The predicted molar refractivity (Wildman–Crippen MR) is 100 cm³/mol. The zero-order valence-corrected chi connectivity index (χ0v) is 15.6. The molecule has 0 saturated heterocycles. The first kappa shape index (κ1) is 19.4. The minimum atomic E-state index is -0.595. The van der Waals surface area contributed by atoms with Crippen LogP contribution in [0.2, 0.25) is 5.02 Å². The molecule has 25 heavy (non-hydrogen) atoms. The molecule has 0 aliphatic heterocycles. The number of non-ortho nitro benzene ring substituents is 1.